The summed E-state index contributed by atoms with van der Waals surface area (Å²) in [6.07, 6.45) is -4.38. The van der Waals surface area contributed by atoms with Crippen molar-refractivity contribution in [2.24, 2.45) is 10.4 Å². The predicted octanol–water partition coefficient (Wildman–Crippen LogP) is 3.70. The highest BCUT2D eigenvalue weighted by Gasteiger charge is 2.47. The maximum absolute atomic E-state index is 12.4. The van der Waals surface area contributed by atoms with Crippen LogP contribution in [0.4, 0.5) is 13.2 Å². The summed E-state index contributed by atoms with van der Waals surface area (Å²) in [7, 11) is 0. The standard InChI is InChI=1S/C9H16F3NS/c1-6(2)13-7(14)5-8(3,4)9(10,11)12/h6H,5H2,1-4H3,(H,13,14). The first-order valence-electron chi connectivity index (χ1n) is 4.38. The Kier molecular flexibility index (Phi) is 4.49. The molecule has 1 nitrogen and oxygen atoms in total. The van der Waals surface area contributed by atoms with Crippen LogP contribution < -0.4 is 0 Å². The predicted molar refractivity (Wildman–Crippen MR) is 56.0 cm³/mol. The van der Waals surface area contributed by atoms with Gasteiger partial charge < -0.3 is 0 Å². The van der Waals surface area contributed by atoms with Gasteiger partial charge in [-0.25, -0.2) is 0 Å². The van der Waals surface area contributed by atoms with E-state index < -0.39 is 11.6 Å². The van der Waals surface area contributed by atoms with Crippen molar-refractivity contribution in [3.8, 4) is 0 Å². The summed E-state index contributed by atoms with van der Waals surface area (Å²) in [6, 6.07) is -0.0217. The number of nitrogens with zero attached hydrogens (tertiary/aromatic N) is 1. The van der Waals surface area contributed by atoms with Crippen LogP contribution in [0, 0.1) is 5.41 Å². The molecule has 0 rings (SSSR count). The van der Waals surface area contributed by atoms with Gasteiger partial charge >= 0.3 is 6.18 Å². The lowest BCUT2D eigenvalue weighted by Crippen LogP contribution is -2.33. The molecule has 0 aliphatic heterocycles. The average Bonchev–Trinajstić information content (AvgIpc) is 1.79. The Bertz CT molecular complexity index is 219. The minimum atomic E-state index is -4.21. The van der Waals surface area contributed by atoms with Crippen molar-refractivity contribution < 1.29 is 13.2 Å². The minimum Gasteiger partial charge on any atom is -0.280 e. The van der Waals surface area contributed by atoms with Gasteiger partial charge in [0.1, 0.15) is 0 Å². The summed E-state index contributed by atoms with van der Waals surface area (Å²) < 4.78 is 37.3. The highest BCUT2D eigenvalue weighted by molar-refractivity contribution is 7.97. The Morgan fingerprint density at radius 2 is 1.71 bits per heavy atom. The molecule has 84 valence electrons. The van der Waals surface area contributed by atoms with Gasteiger partial charge in [0, 0.05) is 12.5 Å². The monoisotopic (exact) mass is 227 g/mol. The summed E-state index contributed by atoms with van der Waals surface area (Å²) in [4.78, 5) is 3.96. The molecule has 0 saturated carbocycles. The van der Waals surface area contributed by atoms with E-state index in [0.717, 1.165) is 13.8 Å². The third kappa shape index (κ3) is 4.35. The van der Waals surface area contributed by atoms with Crippen molar-refractivity contribution >= 4 is 17.7 Å². The van der Waals surface area contributed by atoms with Crippen LogP contribution in [-0.4, -0.2) is 17.3 Å². The SMILES string of the molecule is CC(C)/N=C(\S)CC(C)(C)C(F)(F)F. The molecule has 0 aliphatic rings. The Balaban J connectivity index is 4.52. The molecule has 0 bridgehead atoms. The fraction of sp³-hybridized carbons (Fsp3) is 0.889. The van der Waals surface area contributed by atoms with Gasteiger partial charge in [-0.2, -0.15) is 13.2 Å². The van der Waals surface area contributed by atoms with E-state index in [9.17, 15) is 13.2 Å². The second-order valence-corrected chi connectivity index (χ2v) is 4.71. The molecular weight excluding hydrogens is 211 g/mol. The van der Waals surface area contributed by atoms with E-state index in [1.807, 2.05) is 0 Å². The van der Waals surface area contributed by atoms with Gasteiger partial charge in [0.05, 0.1) is 10.5 Å². The van der Waals surface area contributed by atoms with E-state index in [0.29, 0.717) is 0 Å². The Labute approximate surface area is 88.2 Å². The third-order valence-corrected chi connectivity index (χ3v) is 2.05. The molecule has 0 heterocycles. The van der Waals surface area contributed by atoms with E-state index >= 15 is 0 Å². The van der Waals surface area contributed by atoms with Gasteiger partial charge in [-0.05, 0) is 13.8 Å². The van der Waals surface area contributed by atoms with E-state index in [2.05, 4.69) is 17.6 Å². The van der Waals surface area contributed by atoms with Crippen molar-refractivity contribution in [2.75, 3.05) is 0 Å². The van der Waals surface area contributed by atoms with Crippen LogP contribution in [0.2, 0.25) is 0 Å². The number of hydrogen-bond acceptors (Lipinski definition) is 1. The Morgan fingerprint density at radius 1 is 1.29 bits per heavy atom. The van der Waals surface area contributed by atoms with Crippen molar-refractivity contribution in [3.63, 3.8) is 0 Å². The molecule has 0 aromatic carbocycles. The van der Waals surface area contributed by atoms with E-state index in [4.69, 9.17) is 0 Å². The third-order valence-electron chi connectivity index (χ3n) is 1.77. The fourth-order valence-corrected chi connectivity index (χ4v) is 1.47. The lowest BCUT2D eigenvalue weighted by atomic mass is 9.89. The maximum Gasteiger partial charge on any atom is 0.394 e. The molecule has 0 saturated heterocycles. The number of hydrogen-bond donors (Lipinski definition) is 1. The summed E-state index contributed by atoms with van der Waals surface area (Å²) in [5.74, 6) is 0. The summed E-state index contributed by atoms with van der Waals surface area (Å²) in [5.41, 5.74) is -1.76. The molecule has 0 aromatic heterocycles. The highest BCUT2D eigenvalue weighted by atomic mass is 32.1. The lowest BCUT2D eigenvalue weighted by Gasteiger charge is -2.27. The molecule has 0 amide bonds. The minimum absolute atomic E-state index is 0.0217. The van der Waals surface area contributed by atoms with Crippen LogP contribution in [0.5, 0.6) is 0 Å². The molecule has 0 radical (unpaired) electrons. The average molecular weight is 227 g/mol. The zero-order valence-electron chi connectivity index (χ0n) is 8.81. The molecule has 0 aliphatic carbocycles. The largest absolute Gasteiger partial charge is 0.394 e. The molecule has 14 heavy (non-hydrogen) atoms. The van der Waals surface area contributed by atoms with Crippen molar-refractivity contribution in [1.29, 1.82) is 0 Å². The number of halogens is 3. The Morgan fingerprint density at radius 3 is 2.00 bits per heavy atom. The van der Waals surface area contributed by atoms with Crippen LogP contribution in [-0.2, 0) is 0 Å². The first kappa shape index (κ1) is 13.8. The first-order valence-corrected chi connectivity index (χ1v) is 4.83. The van der Waals surface area contributed by atoms with Crippen LogP contribution >= 0.6 is 12.6 Å². The molecule has 0 aromatic rings. The van der Waals surface area contributed by atoms with Gasteiger partial charge in [0.2, 0.25) is 0 Å². The number of rotatable bonds is 3. The Hall–Kier alpha value is -0.190. The first-order chi connectivity index (χ1) is 6.06. The number of alkyl halides is 3. The normalized spacial score (nSPS) is 15.1. The quantitative estimate of drug-likeness (QED) is 0.429. The number of aliphatic imine (C=N–C) groups is 1. The van der Waals surface area contributed by atoms with Crippen LogP contribution in [0.25, 0.3) is 0 Å². The van der Waals surface area contributed by atoms with Crippen LogP contribution in [0.3, 0.4) is 0 Å². The van der Waals surface area contributed by atoms with Gasteiger partial charge in [-0.1, -0.05) is 13.8 Å². The summed E-state index contributed by atoms with van der Waals surface area (Å²) in [5, 5.41) is 0.252. The number of thiol groups is 1. The van der Waals surface area contributed by atoms with Gasteiger partial charge in [0.15, 0.2) is 0 Å². The van der Waals surface area contributed by atoms with Gasteiger partial charge in [-0.3, -0.25) is 4.99 Å². The fourth-order valence-electron chi connectivity index (χ4n) is 0.839. The van der Waals surface area contributed by atoms with Crippen LogP contribution in [0.1, 0.15) is 34.1 Å². The van der Waals surface area contributed by atoms with E-state index in [1.165, 1.54) is 0 Å². The van der Waals surface area contributed by atoms with Gasteiger partial charge in [0.25, 0.3) is 0 Å². The zero-order valence-corrected chi connectivity index (χ0v) is 9.71. The summed E-state index contributed by atoms with van der Waals surface area (Å²) in [6.45, 7) is 5.91. The van der Waals surface area contributed by atoms with Crippen LogP contribution in [0.15, 0.2) is 4.99 Å². The molecule has 0 atom stereocenters. The maximum atomic E-state index is 12.4. The second kappa shape index (κ2) is 4.55. The smallest absolute Gasteiger partial charge is 0.280 e. The molecular formula is C9H16F3NS. The van der Waals surface area contributed by atoms with Crippen molar-refractivity contribution in [2.45, 2.75) is 46.3 Å². The topological polar surface area (TPSA) is 12.4 Å². The summed E-state index contributed by atoms with van der Waals surface area (Å²) >= 11 is 3.94. The lowest BCUT2D eigenvalue weighted by molar-refractivity contribution is -0.208. The second-order valence-electron chi connectivity index (χ2n) is 4.20. The van der Waals surface area contributed by atoms with Gasteiger partial charge in [-0.15, -0.1) is 12.6 Å². The highest BCUT2D eigenvalue weighted by Crippen LogP contribution is 2.40. The molecule has 0 unspecified atom stereocenters. The zero-order chi connectivity index (χ0) is 11.6. The van der Waals surface area contributed by atoms with Crippen molar-refractivity contribution in [1.82, 2.24) is 0 Å². The molecule has 0 N–H and O–H groups in total. The molecule has 5 heteroatoms. The van der Waals surface area contributed by atoms with E-state index in [-0.39, 0.29) is 17.5 Å². The van der Waals surface area contributed by atoms with E-state index in [1.54, 1.807) is 13.8 Å². The molecule has 0 fully saturated rings. The van der Waals surface area contributed by atoms with Crippen molar-refractivity contribution in [3.05, 3.63) is 0 Å². The molecule has 0 spiro atoms.